The Balaban J connectivity index is 2.66. The molecule has 0 bridgehead atoms. The van der Waals surface area contributed by atoms with E-state index >= 15 is 0 Å². The largest absolute Gasteiger partial charge is 0.348 e. The van der Waals surface area contributed by atoms with Crippen molar-refractivity contribution in [2.24, 2.45) is 0 Å². The summed E-state index contributed by atoms with van der Waals surface area (Å²) in [5, 5.41) is 2.75. The van der Waals surface area contributed by atoms with Crippen molar-refractivity contribution in [1.29, 1.82) is 0 Å². The molecule has 0 heterocycles. The summed E-state index contributed by atoms with van der Waals surface area (Å²) >= 11 is 1.53. The minimum Gasteiger partial charge on any atom is -0.348 e. The molecule has 4 heteroatoms. The predicted molar refractivity (Wildman–Crippen MR) is 63.4 cm³/mol. The van der Waals surface area contributed by atoms with E-state index in [1.54, 1.807) is 0 Å². The fraction of sp³-hybridized carbons (Fsp3) is 0.182. The van der Waals surface area contributed by atoms with Crippen LogP contribution in [-0.2, 0) is 11.3 Å². The van der Waals surface area contributed by atoms with Gasteiger partial charge in [0, 0.05) is 11.4 Å². The second-order valence-corrected chi connectivity index (χ2v) is 3.89. The summed E-state index contributed by atoms with van der Waals surface area (Å²) in [7, 11) is 1.86. The molecule has 0 unspecified atom stereocenters. The van der Waals surface area contributed by atoms with Gasteiger partial charge in [0.25, 0.3) is 0 Å². The number of rotatable bonds is 5. The van der Waals surface area contributed by atoms with Gasteiger partial charge < -0.3 is 5.32 Å². The van der Waals surface area contributed by atoms with Crippen LogP contribution in [-0.4, -0.2) is 13.0 Å². The van der Waals surface area contributed by atoms with Crippen LogP contribution in [0.25, 0.3) is 0 Å². The van der Waals surface area contributed by atoms with Gasteiger partial charge in [-0.05, 0) is 36.7 Å². The number of carbonyl (C=O) groups excluding carboxylic acids is 1. The first-order valence-corrected chi connectivity index (χ1v) is 5.41. The molecule has 1 aromatic carbocycles. The molecule has 2 N–H and O–H groups in total. The van der Waals surface area contributed by atoms with Crippen molar-refractivity contribution >= 4 is 17.9 Å². The van der Waals surface area contributed by atoms with Gasteiger partial charge in [0.15, 0.2) is 0 Å². The molecule has 80 valence electrons. The summed E-state index contributed by atoms with van der Waals surface area (Å²) < 4.78 is 3.01. The molecular formula is C11H14N2OS. The first-order chi connectivity index (χ1) is 7.27. The van der Waals surface area contributed by atoms with Crippen LogP contribution in [0.1, 0.15) is 5.56 Å². The van der Waals surface area contributed by atoms with Gasteiger partial charge in [-0.2, -0.15) is 0 Å². The molecule has 0 atom stereocenters. The number of benzene rings is 1. The molecule has 3 nitrogen and oxygen atoms in total. The van der Waals surface area contributed by atoms with Crippen molar-refractivity contribution in [3.8, 4) is 0 Å². The normalized spacial score (nSPS) is 9.67. The molecule has 0 aliphatic rings. The summed E-state index contributed by atoms with van der Waals surface area (Å²) in [6, 6.07) is 7.92. The van der Waals surface area contributed by atoms with E-state index in [0.29, 0.717) is 6.54 Å². The number of nitrogens with one attached hydrogen (secondary N) is 2. The summed E-state index contributed by atoms with van der Waals surface area (Å²) in [6.45, 7) is 3.93. The molecule has 0 aromatic heterocycles. The highest BCUT2D eigenvalue weighted by Crippen LogP contribution is 2.18. The van der Waals surface area contributed by atoms with E-state index in [9.17, 15) is 4.79 Å². The molecule has 1 rings (SSSR count). The molecule has 0 fully saturated rings. The fourth-order valence-corrected chi connectivity index (χ4v) is 1.75. The van der Waals surface area contributed by atoms with E-state index < -0.39 is 0 Å². The summed E-state index contributed by atoms with van der Waals surface area (Å²) in [5.41, 5.74) is 1.09. The minimum absolute atomic E-state index is 0.153. The minimum atomic E-state index is -0.153. The average molecular weight is 222 g/mol. The Bertz CT molecular complexity index is 352. The van der Waals surface area contributed by atoms with Crippen LogP contribution in [0.3, 0.4) is 0 Å². The van der Waals surface area contributed by atoms with Crippen LogP contribution in [0.4, 0.5) is 0 Å². The average Bonchev–Trinajstić information content (AvgIpc) is 2.28. The zero-order valence-electron chi connectivity index (χ0n) is 8.62. The highest BCUT2D eigenvalue weighted by Gasteiger charge is 2.02. The first-order valence-electron chi connectivity index (χ1n) is 4.59. The van der Waals surface area contributed by atoms with Crippen LogP contribution >= 0.6 is 11.9 Å². The van der Waals surface area contributed by atoms with Crippen molar-refractivity contribution in [3.63, 3.8) is 0 Å². The number of amides is 1. The van der Waals surface area contributed by atoms with Gasteiger partial charge >= 0.3 is 0 Å². The zero-order chi connectivity index (χ0) is 11.1. The lowest BCUT2D eigenvalue weighted by Gasteiger charge is -2.08. The molecule has 0 spiro atoms. The molecule has 0 saturated heterocycles. The van der Waals surface area contributed by atoms with Crippen molar-refractivity contribution in [3.05, 3.63) is 42.5 Å². The van der Waals surface area contributed by atoms with Gasteiger partial charge in [0.05, 0.1) is 0 Å². The van der Waals surface area contributed by atoms with Crippen LogP contribution in [0.5, 0.6) is 0 Å². The molecule has 1 amide bonds. The van der Waals surface area contributed by atoms with Gasteiger partial charge in [0.2, 0.25) is 5.91 Å². The molecular weight excluding hydrogens is 208 g/mol. The lowest BCUT2D eigenvalue weighted by atomic mass is 10.2. The fourth-order valence-electron chi connectivity index (χ4n) is 1.11. The molecule has 0 radical (unpaired) electrons. The van der Waals surface area contributed by atoms with Crippen LogP contribution in [0.15, 0.2) is 41.8 Å². The van der Waals surface area contributed by atoms with E-state index in [0.717, 1.165) is 10.5 Å². The Hall–Kier alpha value is -1.26. The van der Waals surface area contributed by atoms with Crippen molar-refractivity contribution < 1.29 is 4.79 Å². The summed E-state index contributed by atoms with van der Waals surface area (Å²) in [4.78, 5) is 12.1. The van der Waals surface area contributed by atoms with E-state index in [1.165, 1.54) is 18.0 Å². The second kappa shape index (κ2) is 6.27. The highest BCUT2D eigenvalue weighted by atomic mass is 32.2. The maximum absolute atomic E-state index is 11.0. The number of hydrogen-bond donors (Lipinski definition) is 2. The number of carbonyl (C=O) groups is 1. The van der Waals surface area contributed by atoms with Crippen LogP contribution < -0.4 is 10.0 Å². The van der Waals surface area contributed by atoms with Gasteiger partial charge in [-0.15, -0.1) is 0 Å². The molecule has 0 aliphatic heterocycles. The van der Waals surface area contributed by atoms with E-state index in [1.807, 2.05) is 31.3 Å². The third kappa shape index (κ3) is 3.77. The predicted octanol–water partition coefficient (Wildman–Crippen LogP) is 1.72. The molecule has 1 aromatic rings. The third-order valence-corrected chi connectivity index (χ3v) is 2.65. The van der Waals surface area contributed by atoms with E-state index in [-0.39, 0.29) is 5.91 Å². The Kier molecular flexibility index (Phi) is 4.93. The van der Waals surface area contributed by atoms with Crippen molar-refractivity contribution in [2.75, 3.05) is 7.05 Å². The lowest BCUT2D eigenvalue weighted by molar-refractivity contribution is -0.116. The zero-order valence-corrected chi connectivity index (χ0v) is 9.43. The van der Waals surface area contributed by atoms with Crippen molar-refractivity contribution in [2.45, 2.75) is 11.4 Å². The Morgan fingerprint density at radius 1 is 1.53 bits per heavy atom. The SMILES string of the molecule is C=CC(=O)NCc1ccccc1SNC. The van der Waals surface area contributed by atoms with Crippen molar-refractivity contribution in [1.82, 2.24) is 10.0 Å². The lowest BCUT2D eigenvalue weighted by Crippen LogP contribution is -2.20. The monoisotopic (exact) mass is 222 g/mol. The maximum atomic E-state index is 11.0. The van der Waals surface area contributed by atoms with Gasteiger partial charge in [-0.1, -0.05) is 24.8 Å². The Morgan fingerprint density at radius 2 is 2.27 bits per heavy atom. The maximum Gasteiger partial charge on any atom is 0.243 e. The van der Waals surface area contributed by atoms with Gasteiger partial charge in [-0.25, -0.2) is 0 Å². The second-order valence-electron chi connectivity index (χ2n) is 2.84. The van der Waals surface area contributed by atoms with E-state index in [4.69, 9.17) is 0 Å². The van der Waals surface area contributed by atoms with Gasteiger partial charge in [-0.3, -0.25) is 9.52 Å². The standard InChI is InChI=1S/C11H14N2OS/c1-3-11(14)13-8-9-6-4-5-7-10(9)15-12-2/h3-7,12H,1,8H2,2H3,(H,13,14). The topological polar surface area (TPSA) is 41.1 Å². The number of hydrogen-bond acceptors (Lipinski definition) is 3. The molecule has 0 aliphatic carbocycles. The van der Waals surface area contributed by atoms with E-state index in [2.05, 4.69) is 16.6 Å². The smallest absolute Gasteiger partial charge is 0.243 e. The molecule has 15 heavy (non-hydrogen) atoms. The summed E-state index contributed by atoms with van der Waals surface area (Å²) in [6.07, 6.45) is 1.27. The molecule has 0 saturated carbocycles. The quantitative estimate of drug-likeness (QED) is 0.588. The first kappa shape index (κ1) is 11.8. The highest BCUT2D eigenvalue weighted by molar-refractivity contribution is 7.97. The Labute approximate surface area is 94.1 Å². The van der Waals surface area contributed by atoms with Crippen LogP contribution in [0.2, 0.25) is 0 Å². The van der Waals surface area contributed by atoms with Crippen LogP contribution in [0, 0.1) is 0 Å². The summed E-state index contributed by atoms with van der Waals surface area (Å²) in [5.74, 6) is -0.153. The Morgan fingerprint density at radius 3 is 2.93 bits per heavy atom. The van der Waals surface area contributed by atoms with Gasteiger partial charge in [0.1, 0.15) is 0 Å². The third-order valence-electron chi connectivity index (χ3n) is 1.82.